The largest absolute Gasteiger partial charge is 0.348 e. The van der Waals surface area contributed by atoms with Gasteiger partial charge in [-0.1, -0.05) is 24.0 Å². The summed E-state index contributed by atoms with van der Waals surface area (Å²) in [6.07, 6.45) is 0. The van der Waals surface area contributed by atoms with E-state index in [0.717, 1.165) is 0 Å². The molecule has 0 aliphatic rings. The van der Waals surface area contributed by atoms with Crippen molar-refractivity contribution in [3.8, 4) is 11.8 Å². The van der Waals surface area contributed by atoms with Gasteiger partial charge in [0.25, 0.3) is 0 Å². The lowest BCUT2D eigenvalue weighted by molar-refractivity contribution is -0.127. The molecule has 7 heteroatoms. The van der Waals surface area contributed by atoms with Crippen LogP contribution in [-0.4, -0.2) is 46.4 Å². The molecule has 1 rings (SSSR count). The van der Waals surface area contributed by atoms with Crippen molar-refractivity contribution in [2.75, 3.05) is 27.2 Å². The lowest BCUT2D eigenvalue weighted by Gasteiger charge is -2.12. The minimum Gasteiger partial charge on any atom is -0.348 e. The first-order valence-corrected chi connectivity index (χ1v) is 7.34. The van der Waals surface area contributed by atoms with Gasteiger partial charge in [-0.05, 0) is 12.1 Å². The van der Waals surface area contributed by atoms with Gasteiger partial charge in [0.2, 0.25) is 15.9 Å². The number of nitrogens with one attached hydrogen (secondary N) is 1. The predicted octanol–water partition coefficient (Wildman–Crippen LogP) is -0.637. The number of benzene rings is 1. The van der Waals surface area contributed by atoms with Crippen molar-refractivity contribution in [1.82, 2.24) is 9.62 Å². The summed E-state index contributed by atoms with van der Waals surface area (Å²) in [5.74, 6) is 4.98. The van der Waals surface area contributed by atoms with Crippen molar-refractivity contribution in [3.05, 3.63) is 29.8 Å². The summed E-state index contributed by atoms with van der Waals surface area (Å²) in [5.41, 5.74) is 5.63. The highest BCUT2D eigenvalue weighted by Gasteiger charge is 2.18. The maximum Gasteiger partial charge on any atom is 0.242 e. The van der Waals surface area contributed by atoms with Gasteiger partial charge in [0.1, 0.15) is 0 Å². The van der Waals surface area contributed by atoms with Gasteiger partial charge in [0.15, 0.2) is 0 Å². The Balaban J connectivity index is 3.01. The van der Waals surface area contributed by atoms with Gasteiger partial charge in [0, 0.05) is 19.7 Å². The zero-order valence-corrected chi connectivity index (χ0v) is 12.2. The van der Waals surface area contributed by atoms with Crippen molar-refractivity contribution >= 4 is 15.9 Å². The second-order valence-corrected chi connectivity index (χ2v) is 5.85. The normalized spacial score (nSPS) is 10.6. The maximum absolute atomic E-state index is 12.2. The Kier molecular flexibility index (Phi) is 5.70. The van der Waals surface area contributed by atoms with E-state index < -0.39 is 10.0 Å². The second kappa shape index (κ2) is 7.05. The standard InChI is InChI=1S/C13H17N3O3S/c1-16(2)13(17)10-15-20(18,19)12-8-4-3-6-11(12)7-5-9-14/h3-4,6,8,15H,9-10,14H2,1-2H3. The number of amides is 1. The van der Waals surface area contributed by atoms with Gasteiger partial charge in [0.05, 0.1) is 18.0 Å². The monoisotopic (exact) mass is 295 g/mol. The van der Waals surface area contributed by atoms with Crippen molar-refractivity contribution in [1.29, 1.82) is 0 Å². The van der Waals surface area contributed by atoms with E-state index in [2.05, 4.69) is 16.6 Å². The third kappa shape index (κ3) is 4.35. The fourth-order valence-corrected chi connectivity index (χ4v) is 2.48. The number of carbonyl (C=O) groups is 1. The zero-order chi connectivity index (χ0) is 15.2. The van der Waals surface area contributed by atoms with E-state index >= 15 is 0 Å². The average molecular weight is 295 g/mol. The smallest absolute Gasteiger partial charge is 0.242 e. The highest BCUT2D eigenvalue weighted by atomic mass is 32.2. The Bertz CT molecular complexity index is 642. The molecule has 1 amide bonds. The molecule has 0 saturated heterocycles. The van der Waals surface area contributed by atoms with Crippen LogP contribution >= 0.6 is 0 Å². The molecule has 0 atom stereocenters. The number of nitrogens with two attached hydrogens (primary N) is 1. The Labute approximate surface area is 119 Å². The number of rotatable bonds is 4. The molecule has 0 fully saturated rings. The molecule has 1 aromatic carbocycles. The third-order valence-electron chi connectivity index (χ3n) is 2.41. The first-order valence-electron chi connectivity index (χ1n) is 5.86. The number of hydrogen-bond acceptors (Lipinski definition) is 4. The highest BCUT2D eigenvalue weighted by Crippen LogP contribution is 2.13. The van der Waals surface area contributed by atoms with E-state index in [0.29, 0.717) is 5.56 Å². The molecule has 0 radical (unpaired) electrons. The van der Waals surface area contributed by atoms with E-state index in [4.69, 9.17) is 5.73 Å². The van der Waals surface area contributed by atoms with E-state index in [-0.39, 0.29) is 23.9 Å². The molecule has 0 aromatic heterocycles. The molecule has 6 nitrogen and oxygen atoms in total. The van der Waals surface area contributed by atoms with Crippen LogP contribution in [0.1, 0.15) is 5.56 Å². The number of nitrogens with zero attached hydrogens (tertiary/aromatic N) is 1. The molecule has 0 aliphatic heterocycles. The molecule has 20 heavy (non-hydrogen) atoms. The minimum atomic E-state index is -3.79. The van der Waals surface area contributed by atoms with E-state index in [9.17, 15) is 13.2 Å². The average Bonchev–Trinajstić information content (AvgIpc) is 2.42. The molecular weight excluding hydrogens is 278 g/mol. The first kappa shape index (κ1) is 16.2. The van der Waals surface area contributed by atoms with Crippen LogP contribution < -0.4 is 10.5 Å². The number of hydrogen-bond donors (Lipinski definition) is 2. The molecule has 0 unspecified atom stereocenters. The predicted molar refractivity (Wildman–Crippen MR) is 76.3 cm³/mol. The van der Waals surface area contributed by atoms with Crippen LogP contribution in [0.4, 0.5) is 0 Å². The van der Waals surface area contributed by atoms with E-state index in [1.54, 1.807) is 32.3 Å². The maximum atomic E-state index is 12.2. The summed E-state index contributed by atoms with van der Waals surface area (Å²) in [7, 11) is -0.685. The zero-order valence-electron chi connectivity index (χ0n) is 11.4. The van der Waals surface area contributed by atoms with Gasteiger partial charge in [-0.25, -0.2) is 13.1 Å². The quantitative estimate of drug-likeness (QED) is 0.723. The van der Waals surface area contributed by atoms with Crippen LogP contribution in [0.3, 0.4) is 0 Å². The van der Waals surface area contributed by atoms with Gasteiger partial charge in [-0.3, -0.25) is 4.79 Å². The van der Waals surface area contributed by atoms with Gasteiger partial charge in [-0.15, -0.1) is 0 Å². The first-order chi connectivity index (χ1) is 9.38. The summed E-state index contributed by atoms with van der Waals surface area (Å²) in [5, 5.41) is 0. The fourth-order valence-electron chi connectivity index (χ4n) is 1.34. The van der Waals surface area contributed by atoms with Crippen molar-refractivity contribution in [2.45, 2.75) is 4.90 Å². The molecule has 108 valence electrons. The summed E-state index contributed by atoms with van der Waals surface area (Å²) in [6.45, 7) is -0.158. The Morgan fingerprint density at radius 2 is 2.00 bits per heavy atom. The van der Waals surface area contributed by atoms with E-state index in [1.807, 2.05) is 0 Å². The van der Waals surface area contributed by atoms with Crippen LogP contribution in [0, 0.1) is 11.8 Å². The van der Waals surface area contributed by atoms with Crippen molar-refractivity contribution in [2.24, 2.45) is 5.73 Å². The number of likely N-dealkylation sites (N-methyl/N-ethyl adjacent to an activating group) is 1. The van der Waals surface area contributed by atoms with Crippen LogP contribution in [0.25, 0.3) is 0 Å². The van der Waals surface area contributed by atoms with Gasteiger partial charge < -0.3 is 10.6 Å². The summed E-state index contributed by atoms with van der Waals surface area (Å²) < 4.78 is 26.6. The third-order valence-corrected chi connectivity index (χ3v) is 3.87. The van der Waals surface area contributed by atoms with Crippen LogP contribution in [0.5, 0.6) is 0 Å². The lowest BCUT2D eigenvalue weighted by atomic mass is 10.2. The molecule has 3 N–H and O–H groups in total. The molecule has 1 aromatic rings. The number of carbonyl (C=O) groups excluding carboxylic acids is 1. The SMILES string of the molecule is CN(C)C(=O)CNS(=O)(=O)c1ccccc1C#CCN. The topological polar surface area (TPSA) is 92.5 Å². The van der Waals surface area contributed by atoms with E-state index in [1.165, 1.54) is 11.0 Å². The fraction of sp³-hybridized carbons (Fsp3) is 0.308. The van der Waals surface area contributed by atoms with Crippen LogP contribution in [0.2, 0.25) is 0 Å². The molecule has 0 spiro atoms. The van der Waals surface area contributed by atoms with Gasteiger partial charge in [-0.2, -0.15) is 0 Å². The molecule has 0 saturated carbocycles. The van der Waals surface area contributed by atoms with Crippen molar-refractivity contribution in [3.63, 3.8) is 0 Å². The van der Waals surface area contributed by atoms with Crippen LogP contribution in [0.15, 0.2) is 29.2 Å². The van der Waals surface area contributed by atoms with Gasteiger partial charge >= 0.3 is 0 Å². The number of sulfonamides is 1. The summed E-state index contributed by atoms with van der Waals surface area (Å²) in [6, 6.07) is 6.30. The molecular formula is C13H17N3O3S. The van der Waals surface area contributed by atoms with Crippen LogP contribution in [-0.2, 0) is 14.8 Å². The molecule has 0 aliphatic carbocycles. The Hall–Kier alpha value is -1.88. The Morgan fingerprint density at radius 1 is 1.35 bits per heavy atom. The Morgan fingerprint density at radius 3 is 2.60 bits per heavy atom. The van der Waals surface area contributed by atoms with Crippen molar-refractivity contribution < 1.29 is 13.2 Å². The second-order valence-electron chi connectivity index (χ2n) is 4.11. The minimum absolute atomic E-state index is 0.0347. The summed E-state index contributed by atoms with van der Waals surface area (Å²) in [4.78, 5) is 12.8. The summed E-state index contributed by atoms with van der Waals surface area (Å²) >= 11 is 0. The molecule has 0 bridgehead atoms. The molecule has 0 heterocycles. The lowest BCUT2D eigenvalue weighted by Crippen LogP contribution is -2.36. The highest BCUT2D eigenvalue weighted by molar-refractivity contribution is 7.89.